The third-order valence-corrected chi connectivity index (χ3v) is 4.72. The number of aromatic nitrogens is 1. The van der Waals surface area contributed by atoms with E-state index in [9.17, 15) is 14.7 Å². The summed E-state index contributed by atoms with van der Waals surface area (Å²) in [5.41, 5.74) is 1.58. The quantitative estimate of drug-likeness (QED) is 0.661. The summed E-state index contributed by atoms with van der Waals surface area (Å²) in [5, 5.41) is 13.0. The molecule has 0 aliphatic carbocycles. The number of rotatable bonds is 6. The number of halogens is 1. The Morgan fingerprint density at radius 1 is 1.08 bits per heavy atom. The van der Waals surface area contributed by atoms with E-state index in [0.29, 0.717) is 12.1 Å². The van der Waals surface area contributed by atoms with E-state index in [2.05, 4.69) is 21.2 Å². The Hall–Kier alpha value is -2.60. The van der Waals surface area contributed by atoms with Crippen LogP contribution in [0.1, 0.15) is 18.0 Å². The minimum absolute atomic E-state index is 0.201. The summed E-state index contributed by atoms with van der Waals surface area (Å²) in [4.78, 5) is 23.7. The maximum Gasteiger partial charge on any atom is 0.330 e. The van der Waals surface area contributed by atoms with E-state index in [1.54, 1.807) is 30.3 Å². The predicted molar refractivity (Wildman–Crippen MR) is 99.2 cm³/mol. The van der Waals surface area contributed by atoms with Crippen molar-refractivity contribution < 1.29 is 14.7 Å². The van der Waals surface area contributed by atoms with Gasteiger partial charge >= 0.3 is 5.97 Å². The average molecular weight is 401 g/mol. The van der Waals surface area contributed by atoms with E-state index >= 15 is 0 Å². The fourth-order valence-electron chi connectivity index (χ4n) is 2.77. The van der Waals surface area contributed by atoms with E-state index in [0.717, 1.165) is 15.4 Å². The monoisotopic (exact) mass is 400 g/mol. The van der Waals surface area contributed by atoms with Gasteiger partial charge in [-0.1, -0.05) is 52.3 Å². The first-order valence-corrected chi connectivity index (χ1v) is 8.66. The summed E-state index contributed by atoms with van der Waals surface area (Å²) in [6, 6.07) is 15.5. The molecule has 128 valence electrons. The number of amides is 1. The normalized spacial score (nSPS) is 12.0. The fraction of sp³-hybridized carbons (Fsp3) is 0.158. The van der Waals surface area contributed by atoms with Crippen molar-refractivity contribution in [3.8, 4) is 0 Å². The van der Waals surface area contributed by atoms with Crippen LogP contribution in [-0.4, -0.2) is 21.6 Å². The van der Waals surface area contributed by atoms with Crippen LogP contribution in [0.15, 0.2) is 65.3 Å². The third-order valence-electron chi connectivity index (χ3n) is 4.03. The van der Waals surface area contributed by atoms with Gasteiger partial charge in [-0.15, -0.1) is 0 Å². The molecule has 0 spiro atoms. The molecule has 0 bridgehead atoms. The Morgan fingerprint density at radius 3 is 2.56 bits per heavy atom. The topological polar surface area (TPSA) is 71.3 Å². The zero-order valence-electron chi connectivity index (χ0n) is 13.4. The smallest absolute Gasteiger partial charge is 0.330 e. The molecule has 0 aliphatic heterocycles. The Kier molecular flexibility index (Phi) is 5.19. The summed E-state index contributed by atoms with van der Waals surface area (Å²) < 4.78 is 2.99. The van der Waals surface area contributed by atoms with E-state index in [4.69, 9.17) is 0 Å². The van der Waals surface area contributed by atoms with Gasteiger partial charge in [0.15, 0.2) is 6.04 Å². The molecule has 0 saturated heterocycles. The third kappa shape index (κ3) is 3.91. The highest BCUT2D eigenvalue weighted by atomic mass is 79.9. The van der Waals surface area contributed by atoms with E-state index < -0.39 is 12.0 Å². The number of hydrogen-bond donors (Lipinski definition) is 2. The summed E-state index contributed by atoms with van der Waals surface area (Å²) >= 11 is 3.51. The molecule has 0 fully saturated rings. The van der Waals surface area contributed by atoms with Gasteiger partial charge in [0.05, 0.1) is 0 Å². The van der Waals surface area contributed by atoms with Gasteiger partial charge in [-0.3, -0.25) is 4.79 Å². The molecule has 0 aliphatic rings. The molecule has 3 aromatic rings. The molecule has 5 nitrogen and oxygen atoms in total. The number of carboxylic acid groups (broad SMARTS) is 1. The standard InChI is InChI=1S/C19H17BrN2O3/c20-15-7-4-8-16-14(15)9-11-22(16)12-10-17(23)21-18(19(24)25)13-5-2-1-3-6-13/h1-9,11,18H,10,12H2,(H,21,23)(H,24,25)/t18-/m0/s1. The SMILES string of the molecule is O=C(CCn1ccc2c(Br)cccc21)N[C@H](C(=O)O)c1ccccc1. The van der Waals surface area contributed by atoms with Crippen LogP contribution in [0.25, 0.3) is 10.9 Å². The molecule has 1 amide bonds. The van der Waals surface area contributed by atoms with Crippen molar-refractivity contribution >= 4 is 38.7 Å². The summed E-state index contributed by atoms with van der Waals surface area (Å²) in [5.74, 6) is -1.37. The van der Waals surface area contributed by atoms with E-state index in [1.165, 1.54) is 0 Å². The Balaban J connectivity index is 1.67. The molecule has 0 unspecified atom stereocenters. The molecule has 6 heteroatoms. The van der Waals surface area contributed by atoms with Gasteiger partial charge in [0.1, 0.15) is 0 Å². The molecular formula is C19H17BrN2O3. The van der Waals surface area contributed by atoms with Crippen molar-refractivity contribution in [2.45, 2.75) is 19.0 Å². The minimum atomic E-state index is -1.07. The second-order valence-corrected chi connectivity index (χ2v) is 6.54. The van der Waals surface area contributed by atoms with Crippen molar-refractivity contribution in [1.82, 2.24) is 9.88 Å². The number of carbonyl (C=O) groups excluding carboxylic acids is 1. The highest BCUT2D eigenvalue weighted by molar-refractivity contribution is 9.10. The first kappa shape index (κ1) is 17.2. The number of fused-ring (bicyclic) bond motifs is 1. The average Bonchev–Trinajstić information content (AvgIpc) is 3.03. The molecule has 3 rings (SSSR count). The molecule has 2 N–H and O–H groups in total. The van der Waals surface area contributed by atoms with Crippen LogP contribution < -0.4 is 5.32 Å². The molecule has 0 radical (unpaired) electrons. The molecule has 1 heterocycles. The van der Waals surface area contributed by atoms with Gasteiger partial charge in [-0.25, -0.2) is 4.79 Å². The molecule has 0 saturated carbocycles. The number of aliphatic carboxylic acids is 1. The number of carbonyl (C=O) groups is 2. The number of hydrogen-bond acceptors (Lipinski definition) is 2. The first-order valence-electron chi connectivity index (χ1n) is 7.87. The van der Waals surface area contributed by atoms with Crippen molar-refractivity contribution in [1.29, 1.82) is 0 Å². The van der Waals surface area contributed by atoms with Crippen LogP contribution in [0.4, 0.5) is 0 Å². The van der Waals surface area contributed by atoms with Crippen molar-refractivity contribution in [2.75, 3.05) is 0 Å². The zero-order chi connectivity index (χ0) is 17.8. The van der Waals surface area contributed by atoms with Crippen molar-refractivity contribution in [3.63, 3.8) is 0 Å². The highest BCUT2D eigenvalue weighted by Crippen LogP contribution is 2.24. The fourth-order valence-corrected chi connectivity index (χ4v) is 3.26. The number of carboxylic acids is 1. The molecule has 1 atom stereocenters. The van der Waals surface area contributed by atoms with E-state index in [-0.39, 0.29) is 12.3 Å². The number of benzene rings is 2. The number of nitrogens with zero attached hydrogens (tertiary/aromatic N) is 1. The lowest BCUT2D eigenvalue weighted by Gasteiger charge is -2.15. The van der Waals surface area contributed by atoms with Gasteiger partial charge in [-0.2, -0.15) is 0 Å². The van der Waals surface area contributed by atoms with Gasteiger partial charge in [0, 0.05) is 34.5 Å². The van der Waals surface area contributed by atoms with Crippen molar-refractivity contribution in [2.24, 2.45) is 0 Å². The van der Waals surface area contributed by atoms with Crippen LogP contribution in [-0.2, 0) is 16.1 Å². The highest BCUT2D eigenvalue weighted by Gasteiger charge is 2.21. The number of nitrogens with one attached hydrogen (secondary N) is 1. The lowest BCUT2D eigenvalue weighted by Crippen LogP contribution is -2.34. The molecular weight excluding hydrogens is 384 g/mol. The molecule has 2 aromatic carbocycles. The predicted octanol–water partition coefficient (Wildman–Crippen LogP) is 3.74. The lowest BCUT2D eigenvalue weighted by molar-refractivity contribution is -0.142. The van der Waals surface area contributed by atoms with Gasteiger partial charge < -0.3 is 15.0 Å². The van der Waals surface area contributed by atoms with E-state index in [1.807, 2.05) is 35.0 Å². The Labute approximate surface area is 153 Å². The minimum Gasteiger partial charge on any atom is -0.479 e. The van der Waals surface area contributed by atoms with Crippen LogP contribution in [0.3, 0.4) is 0 Å². The molecule has 1 aromatic heterocycles. The van der Waals surface area contributed by atoms with Gasteiger partial charge in [0.2, 0.25) is 5.91 Å². The lowest BCUT2D eigenvalue weighted by atomic mass is 10.1. The second-order valence-electron chi connectivity index (χ2n) is 5.68. The van der Waals surface area contributed by atoms with Crippen LogP contribution in [0.5, 0.6) is 0 Å². The summed E-state index contributed by atoms with van der Waals surface area (Å²) in [7, 11) is 0. The molecule has 25 heavy (non-hydrogen) atoms. The largest absolute Gasteiger partial charge is 0.479 e. The zero-order valence-corrected chi connectivity index (χ0v) is 14.9. The van der Waals surface area contributed by atoms with Crippen LogP contribution >= 0.6 is 15.9 Å². The van der Waals surface area contributed by atoms with Crippen molar-refractivity contribution in [3.05, 3.63) is 70.8 Å². The summed E-state index contributed by atoms with van der Waals surface area (Å²) in [6.45, 7) is 0.479. The second kappa shape index (κ2) is 7.53. The van der Waals surface area contributed by atoms with Gasteiger partial charge in [-0.05, 0) is 23.8 Å². The Morgan fingerprint density at radius 2 is 1.84 bits per heavy atom. The maximum absolute atomic E-state index is 12.2. The van der Waals surface area contributed by atoms with Gasteiger partial charge in [0.25, 0.3) is 0 Å². The van der Waals surface area contributed by atoms with Crippen LogP contribution in [0, 0.1) is 0 Å². The van der Waals surface area contributed by atoms with Crippen LogP contribution in [0.2, 0.25) is 0 Å². The number of aryl methyl sites for hydroxylation is 1. The first-order chi connectivity index (χ1) is 12.1. The summed E-state index contributed by atoms with van der Waals surface area (Å²) in [6.07, 6.45) is 2.13. The Bertz CT molecular complexity index is 905. The maximum atomic E-state index is 12.2.